The topological polar surface area (TPSA) is 46.3 Å². The Balaban J connectivity index is 2.24. The highest BCUT2D eigenvalue weighted by Crippen LogP contribution is 2.24. The summed E-state index contributed by atoms with van der Waals surface area (Å²) in [6.07, 6.45) is 2.30. The maximum Gasteiger partial charge on any atom is 0.254 e. The third-order valence-electron chi connectivity index (χ3n) is 3.73. The number of piperidine rings is 1. The fraction of sp³-hybridized carbons (Fsp3) is 0.533. The number of carbonyl (C=O) groups is 1. The molecule has 1 heterocycles. The molecule has 2 rings (SSSR count). The van der Waals surface area contributed by atoms with E-state index in [1.54, 1.807) is 6.07 Å². The molecule has 3 heteroatoms. The number of hydrogen-bond donors (Lipinski definition) is 1. The molecular formula is C15H22N2O. The normalized spacial score (nSPS) is 24.1. The molecule has 98 valence electrons. The van der Waals surface area contributed by atoms with Crippen LogP contribution >= 0.6 is 0 Å². The Morgan fingerprint density at radius 2 is 2.00 bits per heavy atom. The molecule has 2 unspecified atom stereocenters. The van der Waals surface area contributed by atoms with Crippen molar-refractivity contribution >= 4 is 11.6 Å². The minimum Gasteiger partial charge on any atom is -0.399 e. The summed E-state index contributed by atoms with van der Waals surface area (Å²) in [5.41, 5.74) is 8.24. The van der Waals surface area contributed by atoms with Crippen molar-refractivity contribution < 1.29 is 4.79 Å². The molecule has 0 spiro atoms. The van der Waals surface area contributed by atoms with Crippen LogP contribution in [0.3, 0.4) is 0 Å². The number of rotatable bonds is 1. The van der Waals surface area contributed by atoms with Crippen LogP contribution in [0.1, 0.15) is 42.6 Å². The Bertz CT molecular complexity index is 436. The fourth-order valence-electron chi connectivity index (χ4n) is 2.67. The number of anilines is 1. The molecule has 3 nitrogen and oxygen atoms in total. The number of aryl methyl sites for hydroxylation is 1. The molecule has 1 aliphatic heterocycles. The first-order chi connectivity index (χ1) is 8.47. The minimum atomic E-state index is 0.115. The van der Waals surface area contributed by atoms with Gasteiger partial charge in [0.15, 0.2) is 0 Å². The summed E-state index contributed by atoms with van der Waals surface area (Å²) in [6.45, 7) is 7.16. The predicted molar refractivity (Wildman–Crippen MR) is 74.5 cm³/mol. The van der Waals surface area contributed by atoms with Gasteiger partial charge in [-0.3, -0.25) is 4.79 Å². The van der Waals surface area contributed by atoms with E-state index in [0.717, 1.165) is 18.5 Å². The van der Waals surface area contributed by atoms with Crippen molar-refractivity contribution in [3.8, 4) is 0 Å². The number of nitrogen functional groups attached to an aromatic ring is 1. The fourth-order valence-corrected chi connectivity index (χ4v) is 2.67. The molecule has 2 atom stereocenters. The summed E-state index contributed by atoms with van der Waals surface area (Å²) in [7, 11) is 0. The molecule has 18 heavy (non-hydrogen) atoms. The van der Waals surface area contributed by atoms with Gasteiger partial charge >= 0.3 is 0 Å². The van der Waals surface area contributed by atoms with Crippen molar-refractivity contribution in [3.63, 3.8) is 0 Å². The van der Waals surface area contributed by atoms with Gasteiger partial charge in [-0.05, 0) is 56.4 Å². The second-order valence-corrected chi connectivity index (χ2v) is 5.62. The van der Waals surface area contributed by atoms with Gasteiger partial charge in [-0.25, -0.2) is 0 Å². The maximum absolute atomic E-state index is 12.5. The van der Waals surface area contributed by atoms with Gasteiger partial charge in [-0.1, -0.05) is 6.92 Å². The third-order valence-corrected chi connectivity index (χ3v) is 3.73. The van der Waals surface area contributed by atoms with E-state index >= 15 is 0 Å². The second kappa shape index (κ2) is 5.01. The molecule has 0 bridgehead atoms. The molecule has 0 saturated carbocycles. The van der Waals surface area contributed by atoms with Crippen LogP contribution < -0.4 is 5.73 Å². The second-order valence-electron chi connectivity index (χ2n) is 5.62. The number of carbonyl (C=O) groups excluding carboxylic acids is 1. The summed E-state index contributed by atoms with van der Waals surface area (Å²) < 4.78 is 0. The molecule has 0 aliphatic carbocycles. The van der Waals surface area contributed by atoms with E-state index < -0.39 is 0 Å². The van der Waals surface area contributed by atoms with Crippen LogP contribution in [-0.4, -0.2) is 23.4 Å². The first-order valence-corrected chi connectivity index (χ1v) is 6.65. The van der Waals surface area contributed by atoms with E-state index in [1.807, 2.05) is 24.0 Å². The summed E-state index contributed by atoms with van der Waals surface area (Å²) >= 11 is 0. The maximum atomic E-state index is 12.5. The lowest BCUT2D eigenvalue weighted by molar-refractivity contribution is 0.0574. The van der Waals surface area contributed by atoms with Crippen molar-refractivity contribution in [2.24, 2.45) is 5.92 Å². The van der Waals surface area contributed by atoms with Gasteiger partial charge in [-0.15, -0.1) is 0 Å². The molecule has 2 N–H and O–H groups in total. The number of amides is 1. The van der Waals surface area contributed by atoms with Crippen LogP contribution in [0.4, 0.5) is 5.69 Å². The van der Waals surface area contributed by atoms with E-state index in [2.05, 4.69) is 13.8 Å². The van der Waals surface area contributed by atoms with Crippen molar-refractivity contribution in [1.29, 1.82) is 0 Å². The SMILES string of the molecule is Cc1cc(N)cc(C(=O)N2CC(C)CCC2C)c1. The lowest BCUT2D eigenvalue weighted by atomic mass is 9.94. The van der Waals surface area contributed by atoms with Gasteiger partial charge < -0.3 is 10.6 Å². The Morgan fingerprint density at radius 1 is 1.28 bits per heavy atom. The first kappa shape index (κ1) is 12.9. The molecule has 1 amide bonds. The molecule has 1 aromatic carbocycles. The Kier molecular flexibility index (Phi) is 3.60. The Hall–Kier alpha value is -1.51. The third kappa shape index (κ3) is 2.66. The number of likely N-dealkylation sites (tertiary alicyclic amines) is 1. The van der Waals surface area contributed by atoms with E-state index in [1.165, 1.54) is 6.42 Å². The van der Waals surface area contributed by atoms with Crippen molar-refractivity contribution in [2.75, 3.05) is 12.3 Å². The van der Waals surface area contributed by atoms with E-state index in [-0.39, 0.29) is 5.91 Å². The van der Waals surface area contributed by atoms with E-state index in [4.69, 9.17) is 5.73 Å². The zero-order valence-corrected chi connectivity index (χ0v) is 11.4. The quantitative estimate of drug-likeness (QED) is 0.774. The molecule has 1 fully saturated rings. The summed E-state index contributed by atoms with van der Waals surface area (Å²) in [4.78, 5) is 14.5. The van der Waals surface area contributed by atoms with Crippen LogP contribution in [0, 0.1) is 12.8 Å². The number of nitrogens with two attached hydrogens (primary N) is 1. The first-order valence-electron chi connectivity index (χ1n) is 6.65. The van der Waals surface area contributed by atoms with Crippen molar-refractivity contribution in [2.45, 2.75) is 39.7 Å². The van der Waals surface area contributed by atoms with Crippen LogP contribution in [0.2, 0.25) is 0 Å². The van der Waals surface area contributed by atoms with Gasteiger partial charge in [0.25, 0.3) is 5.91 Å². The Morgan fingerprint density at radius 3 is 2.67 bits per heavy atom. The molecule has 1 saturated heterocycles. The molecule has 0 radical (unpaired) electrons. The van der Waals surface area contributed by atoms with Gasteiger partial charge in [0.1, 0.15) is 0 Å². The van der Waals surface area contributed by atoms with Crippen molar-refractivity contribution in [1.82, 2.24) is 4.90 Å². The van der Waals surface area contributed by atoms with Gasteiger partial charge in [-0.2, -0.15) is 0 Å². The van der Waals surface area contributed by atoms with E-state index in [9.17, 15) is 4.79 Å². The monoisotopic (exact) mass is 246 g/mol. The van der Waals surface area contributed by atoms with Crippen LogP contribution in [-0.2, 0) is 0 Å². The average Bonchev–Trinajstić information content (AvgIpc) is 2.30. The minimum absolute atomic E-state index is 0.115. The average molecular weight is 246 g/mol. The number of nitrogens with zero attached hydrogens (tertiary/aromatic N) is 1. The van der Waals surface area contributed by atoms with Gasteiger partial charge in [0, 0.05) is 23.8 Å². The lowest BCUT2D eigenvalue weighted by Gasteiger charge is -2.37. The van der Waals surface area contributed by atoms with E-state index in [0.29, 0.717) is 23.2 Å². The summed E-state index contributed by atoms with van der Waals surface area (Å²) in [5.74, 6) is 0.705. The van der Waals surface area contributed by atoms with Crippen molar-refractivity contribution in [3.05, 3.63) is 29.3 Å². The highest BCUT2D eigenvalue weighted by molar-refractivity contribution is 5.95. The van der Waals surface area contributed by atoms with Crippen LogP contribution in [0.25, 0.3) is 0 Å². The predicted octanol–water partition coefficient (Wildman–Crippen LogP) is 2.84. The highest BCUT2D eigenvalue weighted by Gasteiger charge is 2.27. The number of benzene rings is 1. The lowest BCUT2D eigenvalue weighted by Crippen LogP contribution is -2.44. The molecule has 1 aliphatic rings. The largest absolute Gasteiger partial charge is 0.399 e. The van der Waals surface area contributed by atoms with Crippen LogP contribution in [0.15, 0.2) is 18.2 Å². The number of hydrogen-bond acceptors (Lipinski definition) is 2. The zero-order chi connectivity index (χ0) is 13.3. The zero-order valence-electron chi connectivity index (χ0n) is 11.4. The molecule has 0 aromatic heterocycles. The summed E-state index contributed by atoms with van der Waals surface area (Å²) in [5, 5.41) is 0. The highest BCUT2D eigenvalue weighted by atomic mass is 16.2. The molecule has 1 aromatic rings. The standard InChI is InChI=1S/C15H22N2O/c1-10-4-5-12(3)17(9-10)15(18)13-6-11(2)7-14(16)8-13/h6-8,10,12H,4-5,9,16H2,1-3H3. The van der Waals surface area contributed by atoms with Crippen LogP contribution in [0.5, 0.6) is 0 Å². The Labute approximate surface area is 109 Å². The summed E-state index contributed by atoms with van der Waals surface area (Å²) in [6, 6.07) is 5.92. The molecular weight excluding hydrogens is 224 g/mol. The smallest absolute Gasteiger partial charge is 0.254 e. The van der Waals surface area contributed by atoms with Gasteiger partial charge in [0.05, 0.1) is 0 Å². The van der Waals surface area contributed by atoms with Gasteiger partial charge in [0.2, 0.25) is 0 Å².